The van der Waals surface area contributed by atoms with Gasteiger partial charge in [-0.3, -0.25) is 4.57 Å². The number of H-pyrrole nitrogens is 1. The van der Waals surface area contributed by atoms with Crippen LogP contribution in [-0.2, 0) is 5.21 Å². The number of nitrogens with zero attached hydrogens (tertiary/aromatic N) is 2. The zero-order valence-electron chi connectivity index (χ0n) is 19.0. The molecule has 154 valence electrons. The smallest absolute Gasteiger partial charge is 0.139 e. The highest BCUT2D eigenvalue weighted by atomic mass is 15.1. The molecule has 3 heterocycles. The zero-order valence-corrected chi connectivity index (χ0v) is 19.0. The van der Waals surface area contributed by atoms with Gasteiger partial charge in [-0.1, -0.05) is 73.5 Å². The Hall–Kier alpha value is -3.46. The maximum absolute atomic E-state index is 5.16. The van der Waals surface area contributed by atoms with Crippen LogP contribution in [0.2, 0.25) is 0 Å². The van der Waals surface area contributed by atoms with Gasteiger partial charge in [0.2, 0.25) is 0 Å². The van der Waals surface area contributed by atoms with Gasteiger partial charge in [0.15, 0.2) is 0 Å². The van der Waals surface area contributed by atoms with E-state index in [0.29, 0.717) is 5.92 Å². The molecule has 3 aromatic heterocycles. The van der Waals surface area contributed by atoms with Crippen molar-refractivity contribution in [2.24, 2.45) is 5.92 Å². The van der Waals surface area contributed by atoms with E-state index in [-0.39, 0.29) is 5.21 Å². The maximum atomic E-state index is 5.16. The van der Waals surface area contributed by atoms with E-state index < -0.39 is 0 Å². The van der Waals surface area contributed by atoms with Crippen molar-refractivity contribution in [3.05, 3.63) is 84.4 Å². The highest BCUT2D eigenvalue weighted by Crippen LogP contribution is 2.37. The fourth-order valence-electron chi connectivity index (χ4n) is 4.95. The number of nitrogens with one attached hydrogen (secondary N) is 1. The van der Waals surface area contributed by atoms with Gasteiger partial charge in [-0.05, 0) is 35.9 Å². The normalized spacial score (nSPS) is 12.6. The molecule has 3 nitrogen and oxygen atoms in total. The number of hydrogen-bond donors (Lipinski definition) is 1. The maximum Gasteiger partial charge on any atom is 0.139 e. The lowest BCUT2D eigenvalue weighted by Gasteiger charge is -2.31. The van der Waals surface area contributed by atoms with Crippen LogP contribution in [0.1, 0.15) is 19.4 Å². The van der Waals surface area contributed by atoms with Crippen LogP contribution in [0.4, 0.5) is 0 Å². The molecule has 0 aliphatic heterocycles. The number of rotatable bonds is 3. The highest BCUT2D eigenvalue weighted by Gasteiger charge is 2.27. The molecule has 3 aromatic carbocycles. The number of aromatic amines is 1. The van der Waals surface area contributed by atoms with Crippen molar-refractivity contribution in [1.82, 2.24) is 14.5 Å². The quantitative estimate of drug-likeness (QED) is 0.412. The standard InChI is InChI=1S/C27H25B2N3/c1-16(2)27(28,29)20-10-7-12-21-17(20)14-15-24(30-21)32-23-13-6-4-9-19(23)25-18-8-3-5-11-22(18)31-26(25)32/h3-16,31H,28-29H2,1-2H3. The fraction of sp³-hybridized carbons (Fsp3) is 0.148. The van der Waals surface area contributed by atoms with Crippen LogP contribution in [0.5, 0.6) is 0 Å². The lowest BCUT2D eigenvalue weighted by atomic mass is 9.45. The molecule has 0 aliphatic carbocycles. The van der Waals surface area contributed by atoms with Crippen LogP contribution >= 0.6 is 0 Å². The van der Waals surface area contributed by atoms with Crippen LogP contribution in [-0.4, -0.2) is 30.2 Å². The molecule has 0 saturated heterocycles. The van der Waals surface area contributed by atoms with E-state index in [1.807, 2.05) is 0 Å². The van der Waals surface area contributed by atoms with Crippen molar-refractivity contribution in [2.45, 2.75) is 19.1 Å². The Morgan fingerprint density at radius 1 is 0.812 bits per heavy atom. The Kier molecular flexibility index (Phi) is 4.07. The molecule has 0 radical (unpaired) electrons. The van der Waals surface area contributed by atoms with E-state index in [1.54, 1.807) is 0 Å². The van der Waals surface area contributed by atoms with Gasteiger partial charge in [-0.25, -0.2) is 4.98 Å². The summed E-state index contributed by atoms with van der Waals surface area (Å²) in [7, 11) is 4.65. The Bertz CT molecular complexity index is 1640. The summed E-state index contributed by atoms with van der Waals surface area (Å²) in [6.45, 7) is 4.58. The van der Waals surface area contributed by atoms with Gasteiger partial charge < -0.3 is 4.98 Å². The second kappa shape index (κ2) is 6.77. The zero-order chi connectivity index (χ0) is 22.0. The summed E-state index contributed by atoms with van der Waals surface area (Å²) in [6.07, 6.45) is 0. The molecular formula is C27H25B2N3. The van der Waals surface area contributed by atoms with Gasteiger partial charge in [-0.15, -0.1) is 0 Å². The molecule has 0 atom stereocenters. The van der Waals surface area contributed by atoms with E-state index in [0.717, 1.165) is 22.5 Å². The van der Waals surface area contributed by atoms with Crippen molar-refractivity contribution < 1.29 is 0 Å². The molecule has 5 heteroatoms. The van der Waals surface area contributed by atoms with Crippen LogP contribution in [0.3, 0.4) is 0 Å². The first-order valence-corrected chi connectivity index (χ1v) is 11.4. The van der Waals surface area contributed by atoms with E-state index in [4.69, 9.17) is 4.98 Å². The molecule has 0 fully saturated rings. The van der Waals surface area contributed by atoms with Gasteiger partial charge in [0.25, 0.3) is 0 Å². The minimum Gasteiger partial charge on any atom is -0.340 e. The first-order valence-electron chi connectivity index (χ1n) is 11.4. The second-order valence-corrected chi connectivity index (χ2v) is 9.66. The van der Waals surface area contributed by atoms with Crippen molar-refractivity contribution >= 4 is 59.4 Å². The summed E-state index contributed by atoms with van der Waals surface area (Å²) in [4.78, 5) is 8.82. The Morgan fingerprint density at radius 3 is 2.38 bits per heavy atom. The molecule has 6 aromatic rings. The summed E-state index contributed by atoms with van der Waals surface area (Å²) in [5.41, 5.74) is 5.81. The SMILES string of the molecule is BC(B)(c1cccc2nc(-n3c4ccccc4c4c5ccccc5[nH]c43)ccc12)C(C)C. The van der Waals surface area contributed by atoms with E-state index in [1.165, 1.54) is 32.6 Å². The molecule has 0 amide bonds. The van der Waals surface area contributed by atoms with Gasteiger partial charge >= 0.3 is 0 Å². The molecule has 0 aliphatic rings. The number of para-hydroxylation sites is 2. The first-order chi connectivity index (χ1) is 15.5. The highest BCUT2D eigenvalue weighted by molar-refractivity contribution is 6.41. The second-order valence-electron chi connectivity index (χ2n) is 9.66. The molecule has 32 heavy (non-hydrogen) atoms. The summed E-state index contributed by atoms with van der Waals surface area (Å²) >= 11 is 0. The molecule has 6 rings (SSSR count). The van der Waals surface area contributed by atoms with Crippen molar-refractivity contribution in [3.8, 4) is 5.82 Å². The monoisotopic (exact) mass is 413 g/mol. The van der Waals surface area contributed by atoms with Crippen molar-refractivity contribution in [1.29, 1.82) is 0 Å². The van der Waals surface area contributed by atoms with Crippen molar-refractivity contribution in [3.63, 3.8) is 0 Å². The average molecular weight is 413 g/mol. The van der Waals surface area contributed by atoms with Crippen LogP contribution in [0.15, 0.2) is 78.9 Å². The third-order valence-corrected chi connectivity index (χ3v) is 7.41. The van der Waals surface area contributed by atoms with E-state index >= 15 is 0 Å². The summed E-state index contributed by atoms with van der Waals surface area (Å²) in [5.74, 6) is 1.47. The lowest BCUT2D eigenvalue weighted by molar-refractivity contribution is 0.573. The molecule has 0 spiro atoms. The third-order valence-electron chi connectivity index (χ3n) is 7.41. The number of pyridine rings is 1. The van der Waals surface area contributed by atoms with Crippen LogP contribution in [0.25, 0.3) is 49.6 Å². The first kappa shape index (κ1) is 19.2. The van der Waals surface area contributed by atoms with Gasteiger partial charge in [-0.2, -0.15) is 0 Å². The molecule has 1 N–H and O–H groups in total. The average Bonchev–Trinajstić information content (AvgIpc) is 3.32. The van der Waals surface area contributed by atoms with Crippen LogP contribution < -0.4 is 0 Å². The summed E-state index contributed by atoms with van der Waals surface area (Å²) in [5, 5.41) is 5.07. The minimum absolute atomic E-state index is 0.0767. The number of aromatic nitrogens is 3. The number of fused-ring (bicyclic) bond motifs is 6. The molecular weight excluding hydrogens is 388 g/mol. The van der Waals surface area contributed by atoms with Gasteiger partial charge in [0.05, 0.1) is 11.0 Å². The third kappa shape index (κ3) is 2.60. The van der Waals surface area contributed by atoms with Crippen LogP contribution in [0, 0.1) is 5.92 Å². The fourth-order valence-corrected chi connectivity index (χ4v) is 4.95. The lowest BCUT2D eigenvalue weighted by Crippen LogP contribution is -2.33. The number of hydrogen-bond acceptors (Lipinski definition) is 1. The molecule has 0 unspecified atom stereocenters. The van der Waals surface area contributed by atoms with E-state index in [9.17, 15) is 0 Å². The minimum atomic E-state index is 0.0767. The Balaban J connectivity index is 1.66. The number of benzene rings is 3. The molecule has 0 bridgehead atoms. The largest absolute Gasteiger partial charge is 0.340 e. The van der Waals surface area contributed by atoms with Gasteiger partial charge in [0, 0.05) is 27.1 Å². The predicted molar refractivity (Wildman–Crippen MR) is 142 cm³/mol. The van der Waals surface area contributed by atoms with Gasteiger partial charge in [0.1, 0.15) is 27.2 Å². The van der Waals surface area contributed by atoms with Crippen molar-refractivity contribution in [2.75, 3.05) is 0 Å². The predicted octanol–water partition coefficient (Wildman–Crippen LogP) is 4.89. The molecule has 0 saturated carbocycles. The topological polar surface area (TPSA) is 33.6 Å². The van der Waals surface area contributed by atoms with E-state index in [2.05, 4.69) is 118 Å². The Morgan fingerprint density at radius 2 is 1.56 bits per heavy atom. The summed E-state index contributed by atoms with van der Waals surface area (Å²) < 4.78 is 2.27. The summed E-state index contributed by atoms with van der Waals surface area (Å²) in [6, 6.07) is 28.1. The Labute approximate surface area is 189 Å².